The molecule has 4 rings (SSSR count). The summed E-state index contributed by atoms with van der Waals surface area (Å²) < 4.78 is 14.9. The number of nitrogens with one attached hydrogen (secondary N) is 2. The first-order valence-corrected chi connectivity index (χ1v) is 8.51. The van der Waals surface area contributed by atoms with Crippen molar-refractivity contribution < 1.29 is 9.18 Å². The lowest BCUT2D eigenvalue weighted by Crippen LogP contribution is -2.39. The molecule has 0 spiro atoms. The molecular formula is C19H16ClFN4O. The van der Waals surface area contributed by atoms with E-state index >= 15 is 0 Å². The van der Waals surface area contributed by atoms with Crippen molar-refractivity contribution in [2.24, 2.45) is 0 Å². The van der Waals surface area contributed by atoms with Crippen LogP contribution in [0.2, 0.25) is 5.02 Å². The monoisotopic (exact) mass is 370 g/mol. The van der Waals surface area contributed by atoms with Crippen LogP contribution in [0.4, 0.5) is 10.1 Å². The Morgan fingerprint density at radius 2 is 1.85 bits per heavy atom. The van der Waals surface area contributed by atoms with Gasteiger partial charge in [0.05, 0.1) is 22.6 Å². The third-order valence-corrected chi connectivity index (χ3v) is 4.74. The van der Waals surface area contributed by atoms with Crippen molar-refractivity contribution in [3.8, 4) is 5.69 Å². The van der Waals surface area contributed by atoms with Gasteiger partial charge in [-0.15, -0.1) is 0 Å². The van der Waals surface area contributed by atoms with Gasteiger partial charge in [0.15, 0.2) is 0 Å². The summed E-state index contributed by atoms with van der Waals surface area (Å²) in [5, 5.41) is 11.4. The van der Waals surface area contributed by atoms with Crippen LogP contribution in [0.25, 0.3) is 5.69 Å². The third-order valence-electron chi connectivity index (χ3n) is 4.51. The van der Waals surface area contributed by atoms with Gasteiger partial charge in [-0.2, -0.15) is 5.10 Å². The van der Waals surface area contributed by atoms with E-state index in [0.717, 1.165) is 22.6 Å². The minimum atomic E-state index is -0.428. The van der Waals surface area contributed by atoms with Gasteiger partial charge in [0, 0.05) is 16.3 Å². The van der Waals surface area contributed by atoms with Gasteiger partial charge in [0.25, 0.3) is 5.91 Å². The molecule has 1 atom stereocenters. The maximum Gasteiger partial charge on any atom is 0.255 e. The zero-order valence-electron chi connectivity index (χ0n) is 14.2. The molecule has 0 radical (unpaired) electrons. The number of aromatic nitrogens is 2. The van der Waals surface area contributed by atoms with Crippen LogP contribution in [-0.4, -0.2) is 15.7 Å². The lowest BCUT2D eigenvalue weighted by Gasteiger charge is -2.28. The van der Waals surface area contributed by atoms with Crippen LogP contribution in [0.5, 0.6) is 0 Å². The molecule has 5 nitrogen and oxygen atoms in total. The van der Waals surface area contributed by atoms with Crippen LogP contribution in [0, 0.1) is 19.7 Å². The summed E-state index contributed by atoms with van der Waals surface area (Å²) in [6.07, 6.45) is -0.428. The average molecular weight is 371 g/mol. The second-order valence-corrected chi connectivity index (χ2v) is 6.65. The van der Waals surface area contributed by atoms with Crippen molar-refractivity contribution in [1.82, 2.24) is 15.1 Å². The predicted molar refractivity (Wildman–Crippen MR) is 98.3 cm³/mol. The molecular weight excluding hydrogens is 355 g/mol. The maximum absolute atomic E-state index is 13.2. The van der Waals surface area contributed by atoms with E-state index in [9.17, 15) is 9.18 Å². The molecule has 132 valence electrons. The quantitative estimate of drug-likeness (QED) is 0.713. The van der Waals surface area contributed by atoms with Gasteiger partial charge >= 0.3 is 0 Å². The van der Waals surface area contributed by atoms with Crippen molar-refractivity contribution in [3.05, 3.63) is 75.8 Å². The standard InChI is InChI=1S/C19H16ClFN4O/c1-10-17(11(2)25(24-10)14-6-4-13(21)5-7-14)18-22-16-9-12(20)3-8-15(16)19(26)23-18/h3-9,18,22H,1-2H3,(H,23,26). The summed E-state index contributed by atoms with van der Waals surface area (Å²) in [7, 11) is 0. The van der Waals surface area contributed by atoms with E-state index in [-0.39, 0.29) is 11.7 Å². The van der Waals surface area contributed by atoms with Gasteiger partial charge < -0.3 is 10.6 Å². The highest BCUT2D eigenvalue weighted by Gasteiger charge is 2.29. The Kier molecular flexibility index (Phi) is 3.92. The minimum Gasteiger partial charge on any atom is -0.361 e. The summed E-state index contributed by atoms with van der Waals surface area (Å²) in [6.45, 7) is 3.80. The molecule has 0 fully saturated rings. The van der Waals surface area contributed by atoms with E-state index in [1.54, 1.807) is 35.0 Å². The summed E-state index contributed by atoms with van der Waals surface area (Å²) in [4.78, 5) is 12.5. The zero-order chi connectivity index (χ0) is 18.4. The molecule has 0 aliphatic carbocycles. The molecule has 1 aromatic heterocycles. The van der Waals surface area contributed by atoms with Crippen LogP contribution < -0.4 is 10.6 Å². The molecule has 0 saturated carbocycles. The van der Waals surface area contributed by atoms with E-state index in [1.807, 2.05) is 13.8 Å². The van der Waals surface area contributed by atoms with Gasteiger partial charge in [0.1, 0.15) is 12.0 Å². The number of halogens is 2. The second-order valence-electron chi connectivity index (χ2n) is 6.21. The van der Waals surface area contributed by atoms with Crippen LogP contribution in [-0.2, 0) is 0 Å². The van der Waals surface area contributed by atoms with E-state index in [2.05, 4.69) is 15.7 Å². The Bertz CT molecular complexity index is 1010. The highest BCUT2D eigenvalue weighted by atomic mass is 35.5. The zero-order valence-corrected chi connectivity index (χ0v) is 14.9. The first-order valence-electron chi connectivity index (χ1n) is 8.13. The molecule has 0 saturated heterocycles. The number of benzene rings is 2. The van der Waals surface area contributed by atoms with Crippen molar-refractivity contribution in [3.63, 3.8) is 0 Å². The van der Waals surface area contributed by atoms with Crippen LogP contribution in [0.3, 0.4) is 0 Å². The van der Waals surface area contributed by atoms with Crippen molar-refractivity contribution in [2.45, 2.75) is 20.0 Å². The van der Waals surface area contributed by atoms with Crippen LogP contribution in [0.15, 0.2) is 42.5 Å². The highest BCUT2D eigenvalue weighted by molar-refractivity contribution is 6.31. The Morgan fingerprint density at radius 3 is 2.58 bits per heavy atom. The van der Waals surface area contributed by atoms with E-state index < -0.39 is 6.17 Å². The summed E-state index contributed by atoms with van der Waals surface area (Å²) in [5.41, 5.74) is 4.48. The van der Waals surface area contributed by atoms with Gasteiger partial charge in [-0.25, -0.2) is 9.07 Å². The number of carbonyl (C=O) groups excluding carboxylic acids is 1. The van der Waals surface area contributed by atoms with Crippen molar-refractivity contribution in [1.29, 1.82) is 0 Å². The molecule has 2 aromatic carbocycles. The number of hydrogen-bond donors (Lipinski definition) is 2. The molecule has 0 bridgehead atoms. The summed E-state index contributed by atoms with van der Waals surface area (Å²) >= 11 is 6.06. The number of carbonyl (C=O) groups is 1. The van der Waals surface area contributed by atoms with E-state index in [0.29, 0.717) is 16.3 Å². The number of aryl methyl sites for hydroxylation is 1. The predicted octanol–water partition coefficient (Wildman–Crippen LogP) is 4.14. The Labute approximate surface area is 154 Å². The molecule has 3 aromatic rings. The summed E-state index contributed by atoms with van der Waals surface area (Å²) in [6, 6.07) is 11.2. The minimum absolute atomic E-state index is 0.172. The topological polar surface area (TPSA) is 59.0 Å². The van der Waals surface area contributed by atoms with Crippen LogP contribution in [0.1, 0.15) is 33.5 Å². The normalized spacial score (nSPS) is 16.0. The SMILES string of the molecule is Cc1nn(-c2ccc(F)cc2)c(C)c1C1NC(=O)c2ccc(Cl)cc2N1. The molecule has 1 aliphatic heterocycles. The second kappa shape index (κ2) is 6.14. The largest absolute Gasteiger partial charge is 0.361 e. The lowest BCUT2D eigenvalue weighted by atomic mass is 10.0. The molecule has 1 unspecified atom stereocenters. The average Bonchev–Trinajstić information content (AvgIpc) is 2.89. The number of hydrogen-bond acceptors (Lipinski definition) is 3. The van der Waals surface area contributed by atoms with Crippen molar-refractivity contribution >= 4 is 23.2 Å². The number of nitrogens with zero attached hydrogens (tertiary/aromatic N) is 2. The number of amides is 1. The fourth-order valence-corrected chi connectivity index (χ4v) is 3.46. The molecule has 26 heavy (non-hydrogen) atoms. The lowest BCUT2D eigenvalue weighted by molar-refractivity contribution is 0.0935. The molecule has 1 amide bonds. The number of rotatable bonds is 2. The first-order chi connectivity index (χ1) is 12.4. The summed E-state index contributed by atoms with van der Waals surface area (Å²) in [5.74, 6) is -0.473. The van der Waals surface area contributed by atoms with Crippen LogP contribution >= 0.6 is 11.6 Å². The molecule has 1 aliphatic rings. The fourth-order valence-electron chi connectivity index (χ4n) is 3.28. The number of fused-ring (bicyclic) bond motifs is 1. The van der Waals surface area contributed by atoms with Gasteiger partial charge in [-0.05, 0) is 56.3 Å². The molecule has 2 N–H and O–H groups in total. The maximum atomic E-state index is 13.2. The van der Waals surface area contributed by atoms with E-state index in [1.165, 1.54) is 12.1 Å². The van der Waals surface area contributed by atoms with Gasteiger partial charge in [-0.3, -0.25) is 4.79 Å². The van der Waals surface area contributed by atoms with Crippen molar-refractivity contribution in [2.75, 3.05) is 5.32 Å². The van der Waals surface area contributed by atoms with Gasteiger partial charge in [0.2, 0.25) is 0 Å². The molecule has 2 heterocycles. The Morgan fingerprint density at radius 1 is 1.12 bits per heavy atom. The fraction of sp³-hybridized carbons (Fsp3) is 0.158. The van der Waals surface area contributed by atoms with Gasteiger partial charge in [-0.1, -0.05) is 11.6 Å². The van der Waals surface area contributed by atoms with E-state index in [4.69, 9.17) is 11.6 Å². The first kappa shape index (κ1) is 16.6. The smallest absolute Gasteiger partial charge is 0.255 e. The Hall–Kier alpha value is -2.86. The highest BCUT2D eigenvalue weighted by Crippen LogP contribution is 2.32. The number of anilines is 1. The molecule has 7 heteroatoms. The Balaban J connectivity index is 1.75. The third kappa shape index (κ3) is 2.72.